The van der Waals surface area contributed by atoms with Gasteiger partial charge in [-0.15, -0.1) is 0 Å². The molecule has 2 rings (SSSR count). The molecule has 1 aromatic heterocycles. The van der Waals surface area contributed by atoms with E-state index in [-0.39, 0.29) is 17.7 Å². The Labute approximate surface area is 114 Å². The summed E-state index contributed by atoms with van der Waals surface area (Å²) in [5, 5.41) is 2.52. The van der Waals surface area contributed by atoms with Gasteiger partial charge in [0.15, 0.2) is 11.6 Å². The largest absolute Gasteiger partial charge is 0.352 e. The quantitative estimate of drug-likeness (QED) is 0.930. The fraction of sp³-hybridized carbons (Fsp3) is 0.214. The monoisotopic (exact) mass is 277 g/mol. The second-order valence-corrected chi connectivity index (χ2v) is 4.26. The van der Waals surface area contributed by atoms with Crippen LogP contribution in [-0.4, -0.2) is 22.4 Å². The highest BCUT2D eigenvalue weighted by Crippen LogP contribution is 2.15. The van der Waals surface area contributed by atoms with Crippen LogP contribution in [0.4, 0.5) is 8.78 Å². The first kappa shape index (κ1) is 14.0. The van der Waals surface area contributed by atoms with Crippen molar-refractivity contribution in [1.82, 2.24) is 15.3 Å². The van der Waals surface area contributed by atoms with Gasteiger partial charge in [-0.3, -0.25) is 14.8 Å². The minimum atomic E-state index is -1.12. The zero-order chi connectivity index (χ0) is 14.5. The summed E-state index contributed by atoms with van der Waals surface area (Å²) in [7, 11) is 0. The predicted molar refractivity (Wildman–Crippen MR) is 69.2 cm³/mol. The van der Waals surface area contributed by atoms with Crippen molar-refractivity contribution in [1.29, 1.82) is 0 Å². The Morgan fingerprint density at radius 3 is 2.75 bits per heavy atom. The maximum atomic E-state index is 13.6. The number of carbonyl (C=O) groups is 1. The molecule has 0 aliphatic rings. The highest BCUT2D eigenvalue weighted by atomic mass is 19.2. The van der Waals surface area contributed by atoms with Crippen molar-refractivity contribution >= 4 is 5.91 Å². The molecule has 0 saturated carbocycles. The van der Waals surface area contributed by atoms with E-state index in [1.807, 2.05) is 0 Å². The molecule has 0 bridgehead atoms. The first-order valence-corrected chi connectivity index (χ1v) is 6.07. The molecular weight excluding hydrogens is 264 g/mol. The third-order valence-corrected chi connectivity index (χ3v) is 2.80. The molecule has 0 spiro atoms. The molecule has 0 aliphatic heterocycles. The number of hydrogen-bond acceptors (Lipinski definition) is 3. The molecule has 2 aromatic rings. The summed E-state index contributed by atoms with van der Waals surface area (Å²) in [5.41, 5.74) is 0.578. The van der Waals surface area contributed by atoms with Crippen molar-refractivity contribution in [2.24, 2.45) is 0 Å². The molecule has 6 heteroatoms. The van der Waals surface area contributed by atoms with Crippen LogP contribution in [0.3, 0.4) is 0 Å². The summed E-state index contributed by atoms with van der Waals surface area (Å²) in [5.74, 6) is -2.76. The normalized spacial score (nSPS) is 10.3. The van der Waals surface area contributed by atoms with Crippen molar-refractivity contribution < 1.29 is 13.6 Å². The number of benzene rings is 1. The summed E-state index contributed by atoms with van der Waals surface area (Å²) >= 11 is 0. The molecule has 1 aromatic carbocycles. The Bertz CT molecular complexity index is 617. The van der Waals surface area contributed by atoms with Crippen molar-refractivity contribution in [3.8, 4) is 0 Å². The number of nitrogens with one attached hydrogen (secondary N) is 1. The van der Waals surface area contributed by atoms with Gasteiger partial charge >= 0.3 is 0 Å². The van der Waals surface area contributed by atoms with Gasteiger partial charge in [0.1, 0.15) is 0 Å². The van der Waals surface area contributed by atoms with Crippen LogP contribution in [0.1, 0.15) is 21.6 Å². The average molecular weight is 277 g/mol. The maximum absolute atomic E-state index is 13.6. The van der Waals surface area contributed by atoms with Gasteiger partial charge in [-0.25, -0.2) is 8.78 Å². The first-order chi connectivity index (χ1) is 9.59. The van der Waals surface area contributed by atoms with Crippen LogP contribution in [0.25, 0.3) is 0 Å². The van der Waals surface area contributed by atoms with Gasteiger partial charge in [0.25, 0.3) is 5.91 Å². The van der Waals surface area contributed by atoms with Crippen LogP contribution < -0.4 is 5.32 Å². The topological polar surface area (TPSA) is 54.9 Å². The lowest BCUT2D eigenvalue weighted by atomic mass is 10.1. The van der Waals surface area contributed by atoms with Crippen LogP contribution >= 0.6 is 0 Å². The second kappa shape index (κ2) is 6.18. The van der Waals surface area contributed by atoms with Crippen LogP contribution in [-0.2, 0) is 6.42 Å². The van der Waals surface area contributed by atoms with E-state index in [9.17, 15) is 13.6 Å². The van der Waals surface area contributed by atoms with Crippen LogP contribution in [0, 0.1) is 18.6 Å². The molecule has 1 amide bonds. The standard InChI is InChI=1S/C14H13F2N3O/c1-9-2-3-11(13(16)12(9)15)14(20)19-5-4-10-8-17-6-7-18-10/h2-3,6-8H,4-5H2,1H3,(H,19,20). The summed E-state index contributed by atoms with van der Waals surface area (Å²) in [6, 6.07) is 2.64. The number of halogens is 2. The van der Waals surface area contributed by atoms with E-state index < -0.39 is 17.5 Å². The number of aryl methyl sites for hydroxylation is 1. The van der Waals surface area contributed by atoms with Gasteiger partial charge in [0.05, 0.1) is 11.3 Å². The summed E-state index contributed by atoms with van der Waals surface area (Å²) in [4.78, 5) is 19.7. The zero-order valence-corrected chi connectivity index (χ0v) is 10.9. The molecule has 1 N–H and O–H groups in total. The number of amides is 1. The SMILES string of the molecule is Cc1ccc(C(=O)NCCc2cnccn2)c(F)c1F. The summed E-state index contributed by atoms with van der Waals surface area (Å²) in [6.07, 6.45) is 5.15. The summed E-state index contributed by atoms with van der Waals surface area (Å²) < 4.78 is 27.0. The lowest BCUT2D eigenvalue weighted by Gasteiger charge is -2.07. The Kier molecular flexibility index (Phi) is 4.34. The Morgan fingerprint density at radius 1 is 1.25 bits per heavy atom. The third kappa shape index (κ3) is 3.14. The fourth-order valence-corrected chi connectivity index (χ4v) is 1.68. The zero-order valence-electron chi connectivity index (χ0n) is 10.9. The lowest BCUT2D eigenvalue weighted by Crippen LogP contribution is -2.27. The fourth-order valence-electron chi connectivity index (χ4n) is 1.68. The Morgan fingerprint density at radius 2 is 2.05 bits per heavy atom. The maximum Gasteiger partial charge on any atom is 0.254 e. The van der Waals surface area contributed by atoms with Gasteiger partial charge < -0.3 is 5.32 Å². The average Bonchev–Trinajstić information content (AvgIpc) is 2.46. The lowest BCUT2D eigenvalue weighted by molar-refractivity contribution is 0.0949. The van der Waals surface area contributed by atoms with Gasteiger partial charge in [0, 0.05) is 31.6 Å². The van der Waals surface area contributed by atoms with E-state index in [0.29, 0.717) is 12.1 Å². The highest BCUT2D eigenvalue weighted by Gasteiger charge is 2.16. The molecular formula is C14H13F2N3O. The van der Waals surface area contributed by atoms with Gasteiger partial charge in [-0.1, -0.05) is 6.07 Å². The second-order valence-electron chi connectivity index (χ2n) is 4.26. The number of carbonyl (C=O) groups excluding carboxylic acids is 1. The van der Waals surface area contributed by atoms with Crippen molar-refractivity contribution in [3.63, 3.8) is 0 Å². The predicted octanol–water partition coefficient (Wildman–Crippen LogP) is 2.04. The van der Waals surface area contributed by atoms with E-state index in [1.165, 1.54) is 19.1 Å². The van der Waals surface area contributed by atoms with E-state index in [4.69, 9.17) is 0 Å². The van der Waals surface area contributed by atoms with E-state index in [0.717, 1.165) is 0 Å². The molecule has 0 saturated heterocycles. The van der Waals surface area contributed by atoms with E-state index in [2.05, 4.69) is 15.3 Å². The number of hydrogen-bond donors (Lipinski definition) is 1. The molecule has 0 fully saturated rings. The van der Waals surface area contributed by atoms with Gasteiger partial charge in [0.2, 0.25) is 0 Å². The van der Waals surface area contributed by atoms with E-state index in [1.54, 1.807) is 18.6 Å². The van der Waals surface area contributed by atoms with Crippen LogP contribution in [0.15, 0.2) is 30.7 Å². The van der Waals surface area contributed by atoms with Crippen LogP contribution in [0.5, 0.6) is 0 Å². The summed E-state index contributed by atoms with van der Waals surface area (Å²) in [6.45, 7) is 1.71. The minimum Gasteiger partial charge on any atom is -0.352 e. The molecule has 0 radical (unpaired) electrons. The minimum absolute atomic E-state index is 0.165. The van der Waals surface area contributed by atoms with Gasteiger partial charge in [-0.2, -0.15) is 0 Å². The molecule has 1 heterocycles. The molecule has 4 nitrogen and oxygen atoms in total. The van der Waals surface area contributed by atoms with Gasteiger partial charge in [-0.05, 0) is 18.6 Å². The molecule has 0 unspecified atom stereocenters. The highest BCUT2D eigenvalue weighted by molar-refractivity contribution is 5.94. The van der Waals surface area contributed by atoms with E-state index >= 15 is 0 Å². The molecule has 104 valence electrons. The number of aromatic nitrogens is 2. The van der Waals surface area contributed by atoms with Crippen molar-refractivity contribution in [3.05, 3.63) is 59.2 Å². The molecule has 20 heavy (non-hydrogen) atoms. The number of nitrogens with zero attached hydrogens (tertiary/aromatic N) is 2. The van der Waals surface area contributed by atoms with Crippen molar-refractivity contribution in [2.75, 3.05) is 6.54 Å². The smallest absolute Gasteiger partial charge is 0.254 e. The Hall–Kier alpha value is -2.37. The molecule has 0 aliphatic carbocycles. The van der Waals surface area contributed by atoms with Crippen molar-refractivity contribution in [2.45, 2.75) is 13.3 Å². The Balaban J connectivity index is 1.97. The number of rotatable bonds is 4. The third-order valence-electron chi connectivity index (χ3n) is 2.80. The van der Waals surface area contributed by atoms with Crippen LogP contribution in [0.2, 0.25) is 0 Å². The molecule has 0 atom stereocenters. The first-order valence-electron chi connectivity index (χ1n) is 6.07.